The van der Waals surface area contributed by atoms with E-state index in [1.807, 2.05) is 35.2 Å². The summed E-state index contributed by atoms with van der Waals surface area (Å²) in [6, 6.07) is 9.91. The summed E-state index contributed by atoms with van der Waals surface area (Å²) in [5.41, 5.74) is 1.08. The maximum atomic E-state index is 9.91. The van der Waals surface area contributed by atoms with Gasteiger partial charge >= 0.3 is 0 Å². The summed E-state index contributed by atoms with van der Waals surface area (Å²) in [6.07, 6.45) is -0.788. The van der Waals surface area contributed by atoms with E-state index in [4.69, 9.17) is 4.74 Å². The van der Waals surface area contributed by atoms with E-state index in [0.717, 1.165) is 31.7 Å². The Morgan fingerprint density at radius 3 is 2.47 bits per heavy atom. The monoisotopic (exact) mass is 236 g/mol. The van der Waals surface area contributed by atoms with Crippen LogP contribution in [0.15, 0.2) is 30.3 Å². The molecule has 1 atom stereocenters. The van der Waals surface area contributed by atoms with Crippen molar-refractivity contribution in [1.29, 1.82) is 0 Å². The van der Waals surface area contributed by atoms with Crippen molar-refractivity contribution < 1.29 is 9.84 Å². The molecule has 0 aliphatic carbocycles. The minimum absolute atomic E-state index is 0.453. The summed E-state index contributed by atoms with van der Waals surface area (Å²) in [5, 5.41) is 9.91. The quantitative estimate of drug-likeness (QED) is 0.782. The van der Waals surface area contributed by atoms with Crippen LogP contribution in [0.2, 0.25) is 0 Å². The molecule has 0 saturated carbocycles. The predicted octanol–water partition coefficient (Wildman–Crippen LogP) is 0.726. The molecule has 17 heavy (non-hydrogen) atoms. The van der Waals surface area contributed by atoms with Gasteiger partial charge in [-0.25, -0.2) is 0 Å². The van der Waals surface area contributed by atoms with Crippen molar-refractivity contribution in [1.82, 2.24) is 9.80 Å². The third kappa shape index (κ3) is 3.78. The standard InChI is InChI=1S/C13H20N2O2/c1-14-7-9-15(10-8-14)13(16)17-11-12-5-3-2-4-6-12/h2-6,13,16H,7-11H2,1H3. The zero-order valence-electron chi connectivity index (χ0n) is 10.2. The van der Waals surface area contributed by atoms with Gasteiger partial charge in [0, 0.05) is 26.2 Å². The third-order valence-corrected chi connectivity index (χ3v) is 3.09. The lowest BCUT2D eigenvalue weighted by atomic mass is 10.2. The number of piperazine rings is 1. The minimum Gasteiger partial charge on any atom is -0.356 e. The SMILES string of the molecule is CN1CCN(C(O)OCc2ccccc2)CC1. The minimum atomic E-state index is -0.788. The Hall–Kier alpha value is -0.940. The maximum absolute atomic E-state index is 9.91. The average molecular weight is 236 g/mol. The molecule has 0 amide bonds. The van der Waals surface area contributed by atoms with E-state index in [9.17, 15) is 5.11 Å². The Labute approximate surface area is 102 Å². The first-order valence-electron chi connectivity index (χ1n) is 6.02. The summed E-state index contributed by atoms with van der Waals surface area (Å²) < 4.78 is 5.47. The largest absolute Gasteiger partial charge is 0.356 e. The van der Waals surface area contributed by atoms with Gasteiger partial charge in [0.05, 0.1) is 6.61 Å². The van der Waals surface area contributed by atoms with Crippen molar-refractivity contribution in [3.8, 4) is 0 Å². The number of hydrogen-bond donors (Lipinski definition) is 1. The second-order valence-corrected chi connectivity index (χ2v) is 4.46. The van der Waals surface area contributed by atoms with E-state index in [2.05, 4.69) is 11.9 Å². The summed E-state index contributed by atoms with van der Waals surface area (Å²) in [6.45, 7) is 4.12. The molecule has 94 valence electrons. The molecule has 1 unspecified atom stereocenters. The highest BCUT2D eigenvalue weighted by molar-refractivity contribution is 5.13. The molecule has 4 nitrogen and oxygen atoms in total. The van der Waals surface area contributed by atoms with E-state index in [1.54, 1.807) is 0 Å². The molecule has 1 aromatic rings. The van der Waals surface area contributed by atoms with E-state index in [0.29, 0.717) is 6.61 Å². The average Bonchev–Trinajstić information content (AvgIpc) is 2.38. The molecule has 0 bridgehead atoms. The zero-order chi connectivity index (χ0) is 12.1. The number of ether oxygens (including phenoxy) is 1. The van der Waals surface area contributed by atoms with Crippen LogP contribution in [0.3, 0.4) is 0 Å². The van der Waals surface area contributed by atoms with Crippen LogP contribution in [0.5, 0.6) is 0 Å². The number of likely N-dealkylation sites (N-methyl/N-ethyl adjacent to an activating group) is 1. The smallest absolute Gasteiger partial charge is 0.216 e. The van der Waals surface area contributed by atoms with Gasteiger partial charge in [-0.2, -0.15) is 0 Å². The van der Waals surface area contributed by atoms with Gasteiger partial charge in [0.15, 0.2) is 0 Å². The predicted molar refractivity (Wildman–Crippen MR) is 66.3 cm³/mol. The fourth-order valence-electron chi connectivity index (χ4n) is 1.89. The molecule has 1 fully saturated rings. The van der Waals surface area contributed by atoms with Crippen molar-refractivity contribution >= 4 is 0 Å². The maximum Gasteiger partial charge on any atom is 0.216 e. The normalized spacial score (nSPS) is 20.4. The zero-order valence-corrected chi connectivity index (χ0v) is 10.2. The first-order chi connectivity index (χ1) is 8.25. The van der Waals surface area contributed by atoms with E-state index >= 15 is 0 Å². The first kappa shape index (κ1) is 12.5. The molecule has 1 saturated heterocycles. The van der Waals surface area contributed by atoms with Gasteiger partial charge in [0.1, 0.15) is 0 Å². The van der Waals surface area contributed by atoms with Crippen molar-refractivity contribution in [3.05, 3.63) is 35.9 Å². The van der Waals surface area contributed by atoms with E-state index < -0.39 is 6.41 Å². The molecule has 4 heteroatoms. The van der Waals surface area contributed by atoms with Crippen LogP contribution in [0, 0.1) is 0 Å². The van der Waals surface area contributed by atoms with E-state index in [1.165, 1.54) is 0 Å². The first-order valence-corrected chi connectivity index (χ1v) is 6.02. The van der Waals surface area contributed by atoms with Crippen molar-refractivity contribution in [3.63, 3.8) is 0 Å². The van der Waals surface area contributed by atoms with Crippen LogP contribution in [-0.2, 0) is 11.3 Å². The molecule has 1 N–H and O–H groups in total. The molecule has 1 aliphatic heterocycles. The summed E-state index contributed by atoms with van der Waals surface area (Å²) in [4.78, 5) is 4.21. The second kappa shape index (κ2) is 6.12. The Morgan fingerprint density at radius 1 is 1.18 bits per heavy atom. The second-order valence-electron chi connectivity index (χ2n) is 4.46. The Morgan fingerprint density at radius 2 is 1.82 bits per heavy atom. The van der Waals surface area contributed by atoms with Crippen molar-refractivity contribution in [2.45, 2.75) is 13.0 Å². The molecular weight excluding hydrogens is 216 g/mol. The molecule has 0 radical (unpaired) electrons. The molecule has 0 spiro atoms. The lowest BCUT2D eigenvalue weighted by molar-refractivity contribution is -0.206. The lowest BCUT2D eigenvalue weighted by Crippen LogP contribution is -2.49. The number of aliphatic hydroxyl groups excluding tert-OH is 1. The van der Waals surface area contributed by atoms with Gasteiger partial charge in [-0.3, -0.25) is 4.90 Å². The van der Waals surface area contributed by atoms with Crippen LogP contribution in [0.25, 0.3) is 0 Å². The van der Waals surface area contributed by atoms with Gasteiger partial charge in [-0.15, -0.1) is 0 Å². The van der Waals surface area contributed by atoms with Gasteiger partial charge in [0.25, 0.3) is 0 Å². The fourth-order valence-corrected chi connectivity index (χ4v) is 1.89. The highest BCUT2D eigenvalue weighted by atomic mass is 16.6. The lowest BCUT2D eigenvalue weighted by Gasteiger charge is -2.34. The summed E-state index contributed by atoms with van der Waals surface area (Å²) in [7, 11) is 2.09. The topological polar surface area (TPSA) is 35.9 Å². The van der Waals surface area contributed by atoms with Crippen molar-refractivity contribution in [2.75, 3.05) is 33.2 Å². The van der Waals surface area contributed by atoms with Crippen molar-refractivity contribution in [2.24, 2.45) is 0 Å². The molecular formula is C13H20N2O2. The number of aliphatic hydroxyl groups is 1. The van der Waals surface area contributed by atoms with Gasteiger partial charge in [-0.1, -0.05) is 30.3 Å². The third-order valence-electron chi connectivity index (χ3n) is 3.09. The molecule has 1 heterocycles. The van der Waals surface area contributed by atoms with Crippen LogP contribution in [0.1, 0.15) is 5.56 Å². The number of nitrogens with zero attached hydrogens (tertiary/aromatic N) is 2. The van der Waals surface area contributed by atoms with E-state index in [-0.39, 0.29) is 0 Å². The van der Waals surface area contributed by atoms with Crippen LogP contribution in [-0.4, -0.2) is 54.5 Å². The molecule has 2 rings (SSSR count). The molecule has 1 aliphatic rings. The number of rotatable bonds is 4. The van der Waals surface area contributed by atoms with Gasteiger partial charge in [0.2, 0.25) is 6.41 Å². The Balaban J connectivity index is 1.75. The van der Waals surface area contributed by atoms with Crippen LogP contribution < -0.4 is 0 Å². The Kier molecular flexibility index (Phi) is 4.50. The highest BCUT2D eigenvalue weighted by Gasteiger charge is 2.20. The van der Waals surface area contributed by atoms with Crippen LogP contribution in [0.4, 0.5) is 0 Å². The van der Waals surface area contributed by atoms with Gasteiger partial charge < -0.3 is 14.7 Å². The fraction of sp³-hybridized carbons (Fsp3) is 0.538. The Bertz CT molecular complexity index is 323. The summed E-state index contributed by atoms with van der Waals surface area (Å²) >= 11 is 0. The number of hydrogen-bond acceptors (Lipinski definition) is 4. The number of benzene rings is 1. The highest BCUT2D eigenvalue weighted by Crippen LogP contribution is 2.07. The molecule has 0 aromatic heterocycles. The van der Waals surface area contributed by atoms with Gasteiger partial charge in [-0.05, 0) is 12.6 Å². The van der Waals surface area contributed by atoms with Crippen LogP contribution >= 0.6 is 0 Å². The molecule has 1 aromatic carbocycles. The summed E-state index contributed by atoms with van der Waals surface area (Å²) in [5.74, 6) is 0.